The van der Waals surface area contributed by atoms with Crippen molar-refractivity contribution in [2.75, 3.05) is 30.0 Å². The number of hydrogen-bond donors (Lipinski definition) is 4. The Kier molecular flexibility index (Phi) is 7.38. The van der Waals surface area contributed by atoms with E-state index in [0.717, 1.165) is 11.8 Å². The summed E-state index contributed by atoms with van der Waals surface area (Å²) >= 11 is 0. The third kappa shape index (κ3) is 5.82. The number of pyridine rings is 1. The zero-order chi connectivity index (χ0) is 30.3. The minimum absolute atomic E-state index is 0.0241. The summed E-state index contributed by atoms with van der Waals surface area (Å²) in [5.74, 6) is -0.675. The first-order chi connectivity index (χ1) is 20.6. The number of carbonyl (C=O) groups is 2. The molecule has 1 aliphatic heterocycles. The highest BCUT2D eigenvalue weighted by Crippen LogP contribution is 2.36. The molecule has 1 saturated carbocycles. The summed E-state index contributed by atoms with van der Waals surface area (Å²) in [4.78, 5) is 32.2. The molecule has 4 bridgehead atoms. The Morgan fingerprint density at radius 1 is 1.05 bits per heavy atom. The second kappa shape index (κ2) is 11.2. The van der Waals surface area contributed by atoms with Crippen molar-refractivity contribution in [3.63, 3.8) is 0 Å². The summed E-state index contributed by atoms with van der Waals surface area (Å²) in [6.45, 7) is 0.311. The van der Waals surface area contributed by atoms with Gasteiger partial charge in [-0.1, -0.05) is 24.3 Å². The highest BCUT2D eigenvalue weighted by Gasteiger charge is 2.38. The highest BCUT2D eigenvalue weighted by molar-refractivity contribution is 7.92. The number of likely N-dealkylation sites (N-methyl/N-ethyl adjacent to an activating group) is 1. The van der Waals surface area contributed by atoms with Crippen LogP contribution in [0.4, 0.5) is 26.4 Å². The monoisotopic (exact) mass is 602 g/mol. The van der Waals surface area contributed by atoms with Crippen LogP contribution in [0.1, 0.15) is 35.6 Å². The number of amides is 3. The molecule has 1 aromatic heterocycles. The van der Waals surface area contributed by atoms with Gasteiger partial charge in [0.05, 0.1) is 16.3 Å². The third-order valence-electron chi connectivity index (χ3n) is 7.78. The molecule has 0 radical (unpaired) electrons. The van der Waals surface area contributed by atoms with Gasteiger partial charge in [0, 0.05) is 42.3 Å². The second-order valence-corrected chi connectivity index (χ2v) is 13.2. The smallest absolute Gasteiger partial charge is 0.319 e. The fraction of sp³-hybridized carbons (Fsp3) is 0.258. The standard InChI is InChI=1S/C31H31FN6O4S/c1-38-17-20-14-21(6-10-27(20)43(41,42)23-7-8-23)37-31(40)34-12-11-18-3-2-4-19(13-18)28(30(38)39)36-22-5-9-24-25(15-22)26(32)16-35-29(24)33/h2-6,9-10,13-16,23,28,36H,7-8,11-12,17H2,1H3,(H2,33,35)(H2,34,37,40). The van der Waals surface area contributed by atoms with Gasteiger partial charge in [0.15, 0.2) is 9.84 Å². The average molecular weight is 603 g/mol. The van der Waals surface area contributed by atoms with E-state index in [1.165, 1.54) is 11.0 Å². The first-order valence-electron chi connectivity index (χ1n) is 14.0. The van der Waals surface area contributed by atoms with Crippen LogP contribution < -0.4 is 21.7 Å². The van der Waals surface area contributed by atoms with Crippen LogP contribution in [0.3, 0.4) is 0 Å². The van der Waals surface area contributed by atoms with Gasteiger partial charge in [-0.2, -0.15) is 0 Å². The maximum absolute atomic E-state index is 14.7. The predicted molar refractivity (Wildman–Crippen MR) is 163 cm³/mol. The largest absolute Gasteiger partial charge is 0.383 e. The van der Waals surface area contributed by atoms with Crippen molar-refractivity contribution in [2.24, 2.45) is 0 Å². The van der Waals surface area contributed by atoms with Gasteiger partial charge in [0.25, 0.3) is 0 Å². The molecule has 3 amide bonds. The van der Waals surface area contributed by atoms with Crippen LogP contribution in [-0.2, 0) is 27.6 Å². The van der Waals surface area contributed by atoms with Gasteiger partial charge in [0.2, 0.25) is 5.91 Å². The molecule has 43 heavy (non-hydrogen) atoms. The van der Waals surface area contributed by atoms with Gasteiger partial charge >= 0.3 is 6.03 Å². The van der Waals surface area contributed by atoms with Gasteiger partial charge in [0.1, 0.15) is 17.7 Å². The van der Waals surface area contributed by atoms with Gasteiger partial charge < -0.3 is 26.6 Å². The molecule has 0 saturated heterocycles. The van der Waals surface area contributed by atoms with E-state index in [-0.39, 0.29) is 28.6 Å². The van der Waals surface area contributed by atoms with Gasteiger partial charge in [-0.3, -0.25) is 4.79 Å². The molecule has 1 fully saturated rings. The SMILES string of the molecule is CN1Cc2cc(ccc2S(=O)(=O)C2CC2)NC(=O)NCCc2cccc(c2)C(Nc2ccc3c(N)ncc(F)c3c2)C1=O. The Labute approximate surface area is 248 Å². The number of hydrogen-bond acceptors (Lipinski definition) is 7. The number of fused-ring (bicyclic) bond motifs is 5. The van der Waals surface area contributed by atoms with E-state index in [9.17, 15) is 22.4 Å². The number of carbonyl (C=O) groups excluding carboxylic acids is 2. The molecule has 222 valence electrons. The van der Waals surface area contributed by atoms with Crippen LogP contribution in [0, 0.1) is 5.82 Å². The minimum Gasteiger partial charge on any atom is -0.383 e. The Morgan fingerprint density at radius 2 is 1.86 bits per heavy atom. The summed E-state index contributed by atoms with van der Waals surface area (Å²) in [6.07, 6.45) is 2.75. The zero-order valence-electron chi connectivity index (χ0n) is 23.4. The number of aromatic nitrogens is 1. The molecule has 12 heteroatoms. The lowest BCUT2D eigenvalue weighted by molar-refractivity contribution is -0.131. The molecular weight excluding hydrogens is 571 g/mol. The molecule has 0 spiro atoms. The first kappa shape index (κ1) is 28.4. The van der Waals surface area contributed by atoms with Crippen LogP contribution in [0.15, 0.2) is 71.8 Å². The predicted octanol–water partition coefficient (Wildman–Crippen LogP) is 4.38. The van der Waals surface area contributed by atoms with Crippen molar-refractivity contribution < 1.29 is 22.4 Å². The van der Waals surface area contributed by atoms with Crippen LogP contribution in [0.2, 0.25) is 0 Å². The van der Waals surface area contributed by atoms with Crippen molar-refractivity contribution >= 4 is 49.7 Å². The normalized spacial score (nSPS) is 17.9. The van der Waals surface area contributed by atoms with Crippen molar-refractivity contribution in [3.8, 4) is 0 Å². The summed E-state index contributed by atoms with van der Waals surface area (Å²) in [6, 6.07) is 15.7. The lowest BCUT2D eigenvalue weighted by Gasteiger charge is -2.27. The van der Waals surface area contributed by atoms with E-state index in [1.54, 1.807) is 37.4 Å². The molecule has 3 aromatic carbocycles. The average Bonchev–Trinajstić information content (AvgIpc) is 3.84. The molecule has 5 N–H and O–H groups in total. The first-order valence-corrected chi connectivity index (χ1v) is 15.5. The summed E-state index contributed by atoms with van der Waals surface area (Å²) in [7, 11) is -1.99. The Bertz CT molecular complexity index is 1860. The molecule has 4 aromatic rings. The number of sulfone groups is 1. The number of halogens is 1. The van der Waals surface area contributed by atoms with Crippen LogP contribution >= 0.6 is 0 Å². The lowest BCUT2D eigenvalue weighted by atomic mass is 10.00. The Balaban J connectivity index is 1.41. The van der Waals surface area contributed by atoms with Crippen molar-refractivity contribution in [1.29, 1.82) is 0 Å². The highest BCUT2D eigenvalue weighted by atomic mass is 32.2. The number of nitrogens with one attached hydrogen (secondary N) is 3. The number of nitrogens with zero attached hydrogens (tertiary/aromatic N) is 2. The van der Waals surface area contributed by atoms with E-state index in [4.69, 9.17) is 5.73 Å². The number of nitrogens with two attached hydrogens (primary N) is 1. The van der Waals surface area contributed by atoms with E-state index < -0.39 is 33.0 Å². The maximum atomic E-state index is 14.7. The summed E-state index contributed by atoms with van der Waals surface area (Å²) in [5, 5.41) is 9.14. The molecule has 10 nitrogen and oxygen atoms in total. The third-order valence-corrected chi connectivity index (χ3v) is 10.1. The van der Waals surface area contributed by atoms with Crippen LogP contribution in [0.25, 0.3) is 10.8 Å². The van der Waals surface area contributed by atoms with Crippen molar-refractivity contribution in [1.82, 2.24) is 15.2 Å². The van der Waals surface area contributed by atoms with Crippen LogP contribution in [-0.4, -0.2) is 49.1 Å². The number of urea groups is 1. The van der Waals surface area contributed by atoms with Gasteiger partial charge in [-0.25, -0.2) is 22.6 Å². The summed E-state index contributed by atoms with van der Waals surface area (Å²) in [5.41, 5.74) is 8.80. The van der Waals surface area contributed by atoms with Gasteiger partial charge in [-0.05, 0) is 72.4 Å². The molecule has 1 unspecified atom stereocenters. The number of anilines is 3. The molecule has 2 aliphatic rings. The van der Waals surface area contributed by atoms with Crippen LogP contribution in [0.5, 0.6) is 0 Å². The van der Waals surface area contributed by atoms with Crippen molar-refractivity contribution in [2.45, 2.75) is 42.0 Å². The molecule has 1 atom stereocenters. The maximum Gasteiger partial charge on any atom is 0.319 e. The fourth-order valence-corrected chi connectivity index (χ4v) is 7.23. The van der Waals surface area contributed by atoms with Crippen molar-refractivity contribution in [3.05, 3.63) is 89.4 Å². The molecule has 2 heterocycles. The number of rotatable bonds is 4. The van der Waals surface area contributed by atoms with E-state index in [2.05, 4.69) is 20.9 Å². The fourth-order valence-electron chi connectivity index (χ4n) is 5.37. The zero-order valence-corrected chi connectivity index (χ0v) is 24.2. The summed E-state index contributed by atoms with van der Waals surface area (Å²) < 4.78 is 41.3. The van der Waals surface area contributed by atoms with E-state index >= 15 is 0 Å². The van der Waals surface area contributed by atoms with E-state index in [1.807, 2.05) is 24.3 Å². The second-order valence-electron chi connectivity index (χ2n) is 11.0. The molecule has 1 aliphatic carbocycles. The number of nitrogen functional groups attached to an aromatic ring is 1. The lowest BCUT2D eigenvalue weighted by Crippen LogP contribution is -2.35. The minimum atomic E-state index is -3.60. The van der Waals surface area contributed by atoms with E-state index in [0.29, 0.717) is 53.7 Å². The topological polar surface area (TPSA) is 147 Å². The Hall–Kier alpha value is -4.71. The Morgan fingerprint density at radius 3 is 2.65 bits per heavy atom. The molecule has 6 rings (SSSR count). The molecular formula is C31H31FN6O4S. The quantitative estimate of drug-likeness (QED) is 0.271. The number of benzene rings is 3. The van der Waals surface area contributed by atoms with Gasteiger partial charge in [-0.15, -0.1) is 0 Å².